The second-order valence-electron chi connectivity index (χ2n) is 16.7. The van der Waals surface area contributed by atoms with Gasteiger partial charge in [0.15, 0.2) is 13.0 Å². The van der Waals surface area contributed by atoms with E-state index in [0.29, 0.717) is 18.1 Å². The van der Waals surface area contributed by atoms with Crippen LogP contribution >= 0.6 is 69.9 Å². The van der Waals surface area contributed by atoms with E-state index in [0.717, 1.165) is 41.4 Å². The van der Waals surface area contributed by atoms with Crippen molar-refractivity contribution in [2.75, 3.05) is 0 Å². The Morgan fingerprint density at radius 2 is 0.924 bits per heavy atom. The topological polar surface area (TPSA) is 83.4 Å². The first-order valence-corrected chi connectivity index (χ1v) is 28.2. The Balaban J connectivity index is 0.000000131. The number of carbonyl (C=O) groups is 1. The molecule has 0 spiro atoms. The third-order valence-electron chi connectivity index (χ3n) is 11.7. The van der Waals surface area contributed by atoms with Gasteiger partial charge >= 0.3 is 0 Å². The van der Waals surface area contributed by atoms with Crippen molar-refractivity contribution in [2.45, 2.75) is 127 Å². The zero-order valence-electron chi connectivity index (χ0n) is 37.3. The lowest BCUT2D eigenvalue weighted by Gasteiger charge is -2.30. The van der Waals surface area contributed by atoms with Crippen molar-refractivity contribution >= 4 is 113 Å². The van der Waals surface area contributed by atoms with Crippen molar-refractivity contribution in [2.24, 2.45) is 4.99 Å². The number of fused-ring (bicyclic) bond motifs is 3. The molecule has 66 heavy (non-hydrogen) atoms. The van der Waals surface area contributed by atoms with Crippen molar-refractivity contribution in [1.82, 2.24) is 23.4 Å². The number of aldehydes is 1. The van der Waals surface area contributed by atoms with Crippen LogP contribution in [0.5, 0.6) is 0 Å². The molecule has 342 valence electrons. The Morgan fingerprint density at radius 3 is 1.41 bits per heavy atom. The van der Waals surface area contributed by atoms with Crippen LogP contribution in [0.3, 0.4) is 0 Å². The van der Waals surface area contributed by atoms with Gasteiger partial charge in [-0.3, -0.25) is 14.5 Å². The van der Waals surface area contributed by atoms with E-state index in [1.807, 2.05) is 36.5 Å². The molecule has 11 rings (SSSR count). The normalized spacial score (nSPS) is 16.1. The highest BCUT2D eigenvalue weighted by Gasteiger charge is 2.26. The minimum absolute atomic E-state index is 0.577. The van der Waals surface area contributed by atoms with E-state index in [1.54, 1.807) is 82.0 Å². The molecule has 3 fully saturated rings. The van der Waals surface area contributed by atoms with Crippen molar-refractivity contribution in [3.05, 3.63) is 145 Å². The van der Waals surface area contributed by atoms with Gasteiger partial charge in [0, 0.05) is 53.8 Å². The van der Waals surface area contributed by atoms with Crippen molar-refractivity contribution in [1.29, 1.82) is 0 Å². The molecule has 0 bridgehead atoms. The van der Waals surface area contributed by atoms with E-state index >= 15 is 0 Å². The summed E-state index contributed by atoms with van der Waals surface area (Å²) in [5.41, 5.74) is 5.26. The number of carbonyl (C=O) groups excluding carboxylic acids is 1. The van der Waals surface area contributed by atoms with Crippen LogP contribution in [0.25, 0.3) is 30.6 Å². The van der Waals surface area contributed by atoms with Gasteiger partial charge in [-0.1, -0.05) is 155 Å². The highest BCUT2D eigenvalue weighted by Crippen LogP contribution is 2.44. The number of hydrogen-bond acceptors (Lipinski definition) is 13. The molecule has 1 N–H and O–H groups in total. The molecule has 0 radical (unpaired) electrons. The molecule has 13 heteroatoms. The predicted octanol–water partition coefficient (Wildman–Crippen LogP) is 16.4. The lowest BCUT2D eigenvalue weighted by atomic mass is 9.96. The van der Waals surface area contributed by atoms with Crippen LogP contribution in [-0.4, -0.2) is 49.3 Å². The van der Waals surface area contributed by atoms with Crippen molar-refractivity contribution in [3.63, 3.8) is 0 Å². The van der Waals surface area contributed by atoms with Gasteiger partial charge in [-0.15, -0.1) is 34.0 Å². The number of para-hydroxylation sites is 3. The Morgan fingerprint density at radius 1 is 0.500 bits per heavy atom. The number of aromatic nitrogens is 3. The summed E-state index contributed by atoms with van der Waals surface area (Å²) in [7, 11) is 0. The molecule has 8 aromatic rings. The minimum atomic E-state index is 0.577. The van der Waals surface area contributed by atoms with Crippen LogP contribution in [0, 0.1) is 0 Å². The molecule has 3 aliphatic rings. The summed E-state index contributed by atoms with van der Waals surface area (Å²) in [6.07, 6.45) is 22.8. The third kappa shape index (κ3) is 15.3. The quantitative estimate of drug-likeness (QED) is 0.0774. The monoisotopic (exact) mass is 986 g/mol. The number of nitrogens with zero attached hydrogens (tertiary/aromatic N) is 5. The molecule has 0 unspecified atom stereocenters. The number of thiazole rings is 3. The van der Waals surface area contributed by atoms with Crippen LogP contribution in [0.2, 0.25) is 0 Å². The number of hydrogen-bond donors (Lipinski definition) is 1. The first-order valence-electron chi connectivity index (χ1n) is 23.4. The molecule has 5 aromatic carbocycles. The number of nitrogens with one attached hydrogen (secondary N) is 1. The van der Waals surface area contributed by atoms with Crippen LogP contribution in [-0.2, 0) is 0 Å². The Kier molecular flexibility index (Phi) is 19.5. The lowest BCUT2D eigenvalue weighted by Crippen LogP contribution is -2.26. The van der Waals surface area contributed by atoms with Gasteiger partial charge in [-0.05, 0) is 92.4 Å². The highest BCUT2D eigenvalue weighted by molar-refractivity contribution is 8.13. The second-order valence-corrected chi connectivity index (χ2v) is 23.5. The molecule has 3 saturated carbocycles. The van der Waals surface area contributed by atoms with Crippen molar-refractivity contribution < 1.29 is 4.79 Å². The largest absolute Gasteiger partial charge is 0.298 e. The van der Waals surface area contributed by atoms with E-state index in [2.05, 4.69) is 109 Å². The van der Waals surface area contributed by atoms with Crippen LogP contribution < -0.4 is 4.72 Å². The maximum atomic E-state index is 10.0. The summed E-state index contributed by atoms with van der Waals surface area (Å²) in [5.74, 6) is 0. The average molecular weight is 987 g/mol. The van der Waals surface area contributed by atoms with Crippen LogP contribution in [0.15, 0.2) is 151 Å². The fraction of sp³-hybridized carbons (Fsp3) is 0.340. The third-order valence-corrected chi connectivity index (χ3v) is 18.2. The maximum absolute atomic E-state index is 10.0. The van der Waals surface area contributed by atoms with E-state index in [-0.39, 0.29) is 0 Å². The summed E-state index contributed by atoms with van der Waals surface area (Å²) < 4.78 is 13.2. The van der Waals surface area contributed by atoms with Gasteiger partial charge in [0.25, 0.3) is 0 Å². The van der Waals surface area contributed by atoms with Gasteiger partial charge in [0.2, 0.25) is 0 Å². The number of rotatable bonds is 11. The summed E-state index contributed by atoms with van der Waals surface area (Å²) >= 11 is 10.6. The first kappa shape index (κ1) is 48.5. The van der Waals surface area contributed by atoms with Crippen LogP contribution in [0.4, 0.5) is 0 Å². The molecular formula is C53H58N6OS6. The summed E-state index contributed by atoms with van der Waals surface area (Å²) in [5, 5.41) is 0. The van der Waals surface area contributed by atoms with Gasteiger partial charge in [0.1, 0.15) is 6.29 Å². The molecule has 7 nitrogen and oxygen atoms in total. The molecule has 3 aliphatic carbocycles. The predicted molar refractivity (Wildman–Crippen MR) is 288 cm³/mol. The summed E-state index contributed by atoms with van der Waals surface area (Å²) in [6, 6.07) is 46.4. The smallest absolute Gasteiger partial charge is 0.167 e. The Bertz CT molecular complexity index is 2490. The van der Waals surface area contributed by atoms with E-state index < -0.39 is 0 Å². The molecular weight excluding hydrogens is 929 g/mol. The number of benzene rings is 5. The van der Waals surface area contributed by atoms with E-state index in [1.165, 1.54) is 116 Å². The SMILES string of the molecule is C(=NC1CCCCC1)c1ccccc1.O=Cc1ccccc1.c1ccc2sc(SN(Sc3nc4ccccc4s3)C3CCCCC3)nc2c1.c1ccc2sc(SNC3CCCCC3)nc2c1. The molecule has 0 saturated heterocycles. The molecule has 3 aromatic heterocycles. The summed E-state index contributed by atoms with van der Waals surface area (Å²) in [4.78, 5) is 28.9. The molecule has 0 aliphatic heterocycles. The zero-order valence-corrected chi connectivity index (χ0v) is 42.2. The minimum Gasteiger partial charge on any atom is -0.298 e. The van der Waals surface area contributed by atoms with E-state index in [4.69, 9.17) is 9.97 Å². The molecule has 0 amide bonds. The van der Waals surface area contributed by atoms with Gasteiger partial charge in [0.05, 0.1) is 30.6 Å². The average Bonchev–Trinajstić information content (AvgIpc) is 4.13. The number of aliphatic imine (C=N–C) groups is 1. The maximum Gasteiger partial charge on any atom is 0.167 e. The Hall–Kier alpha value is -3.92. The van der Waals surface area contributed by atoms with E-state index in [9.17, 15) is 4.79 Å². The Labute approximate surface area is 415 Å². The molecule has 0 atom stereocenters. The summed E-state index contributed by atoms with van der Waals surface area (Å²) in [6.45, 7) is 0. The fourth-order valence-corrected chi connectivity index (χ4v) is 14.9. The fourth-order valence-electron chi connectivity index (χ4n) is 8.13. The standard InChI is InChI=1S/C20H19N3S4.C13H16N2S2.C13H17N.C7H6O/c1-2-8-14(9-3-1)23(26-19-21-15-10-4-6-12-17(15)24-19)27-20-22-16-11-5-7-13-18(16)25-20;1-2-6-10(7-3-1)15-17-13-14-11-8-4-5-9-12(11)16-13;1-3-7-12(8-4-1)11-14-13-9-5-2-6-10-13;8-6-7-4-2-1-3-5-7/h4-7,10-14H,1-3,8-9H2;4-5,8-10,15H,1-3,6-7H2;1,3-4,7-8,11,13H,2,5-6,9-10H2;1-6H. The highest BCUT2D eigenvalue weighted by atomic mass is 32.2. The van der Waals surface area contributed by atoms with Gasteiger partial charge in [-0.2, -0.15) is 3.71 Å². The zero-order chi connectivity index (χ0) is 45.0. The molecule has 3 heterocycles. The van der Waals surface area contributed by atoms with Crippen molar-refractivity contribution in [3.8, 4) is 0 Å². The van der Waals surface area contributed by atoms with Gasteiger partial charge in [-0.25, -0.2) is 15.0 Å². The first-order chi connectivity index (χ1) is 32.6. The van der Waals surface area contributed by atoms with Gasteiger partial charge < -0.3 is 0 Å². The van der Waals surface area contributed by atoms with Crippen LogP contribution in [0.1, 0.15) is 112 Å². The lowest BCUT2D eigenvalue weighted by molar-refractivity contribution is 0.112. The second kappa shape index (κ2) is 26.6.